The van der Waals surface area contributed by atoms with Crippen LogP contribution in [0, 0.1) is 50.2 Å². The van der Waals surface area contributed by atoms with Crippen molar-refractivity contribution in [3.63, 3.8) is 0 Å². The number of carbonyl (C=O) groups excluding carboxylic acids is 1. The maximum atomic E-state index is 12.5. The minimum Gasteiger partial charge on any atom is -0.481 e. The van der Waals surface area contributed by atoms with E-state index < -0.39 is 23.3 Å². The molecule has 0 aromatic rings. The summed E-state index contributed by atoms with van der Waals surface area (Å²) in [5.74, 6) is -0.731. The Hall–Kier alpha value is -1.85. The molecule has 0 aliphatic heterocycles. The standard InChI is InChI=1S/C34H52O6/c1-29(2)23-12-15-34(7)24(32(23,5)14-13-25(29)40-27(37)11-10-26(35)36)9-8-21-22-20-31(4,28(38)39)17-16-30(22,3)18-19-33(21,34)6/h8,22-25H,9-20H2,1-7H3,(H,35,36)(H,38,39)/t22-,23-,24+,25-,30+,31-,32-,33+,34+/m0/s1. The lowest BCUT2D eigenvalue weighted by Gasteiger charge is -2.71. The summed E-state index contributed by atoms with van der Waals surface area (Å²) in [6.07, 6.45) is 12.1. The van der Waals surface area contributed by atoms with Gasteiger partial charge in [-0.3, -0.25) is 14.4 Å². The minimum absolute atomic E-state index is 0.0646. The van der Waals surface area contributed by atoms with Gasteiger partial charge in [0.25, 0.3) is 0 Å². The molecular formula is C34H52O6. The van der Waals surface area contributed by atoms with Gasteiger partial charge in [-0.05, 0) is 111 Å². The van der Waals surface area contributed by atoms with Gasteiger partial charge in [-0.25, -0.2) is 0 Å². The first-order chi connectivity index (χ1) is 18.4. The lowest BCUT2D eigenvalue weighted by Crippen LogP contribution is -2.64. The molecule has 0 aromatic carbocycles. The van der Waals surface area contributed by atoms with Crippen LogP contribution in [-0.4, -0.2) is 34.2 Å². The Labute approximate surface area is 240 Å². The molecule has 0 heterocycles. The highest BCUT2D eigenvalue weighted by atomic mass is 16.5. The molecule has 4 saturated carbocycles. The van der Waals surface area contributed by atoms with Crippen molar-refractivity contribution in [2.24, 2.45) is 50.2 Å². The van der Waals surface area contributed by atoms with Crippen LogP contribution in [0.15, 0.2) is 11.6 Å². The van der Waals surface area contributed by atoms with Gasteiger partial charge in [-0.2, -0.15) is 0 Å². The zero-order valence-corrected chi connectivity index (χ0v) is 25.9. The Morgan fingerprint density at radius 1 is 0.850 bits per heavy atom. The van der Waals surface area contributed by atoms with E-state index in [1.54, 1.807) is 5.57 Å². The molecule has 0 saturated heterocycles. The zero-order chi connectivity index (χ0) is 29.5. The lowest BCUT2D eigenvalue weighted by atomic mass is 9.33. The first-order valence-corrected chi connectivity index (χ1v) is 15.8. The van der Waals surface area contributed by atoms with Crippen molar-refractivity contribution in [3.05, 3.63) is 11.6 Å². The second-order valence-electron chi connectivity index (χ2n) is 16.3. The normalized spacial score (nSPS) is 47.4. The summed E-state index contributed by atoms with van der Waals surface area (Å²) in [7, 11) is 0. The molecule has 6 heteroatoms. The number of esters is 1. The van der Waals surface area contributed by atoms with Crippen LogP contribution in [0.3, 0.4) is 0 Å². The van der Waals surface area contributed by atoms with Crippen molar-refractivity contribution >= 4 is 17.9 Å². The lowest BCUT2D eigenvalue weighted by molar-refractivity contribution is -0.213. The number of rotatable bonds is 5. The molecule has 0 bridgehead atoms. The third kappa shape index (κ3) is 4.12. The van der Waals surface area contributed by atoms with Crippen LogP contribution in [0.2, 0.25) is 0 Å². The molecule has 0 amide bonds. The summed E-state index contributed by atoms with van der Waals surface area (Å²) in [4.78, 5) is 35.8. The number of hydrogen-bond donors (Lipinski definition) is 2. The van der Waals surface area contributed by atoms with Crippen LogP contribution in [-0.2, 0) is 19.1 Å². The van der Waals surface area contributed by atoms with Crippen molar-refractivity contribution in [1.82, 2.24) is 0 Å². The predicted octanol–water partition coefficient (Wildman–Crippen LogP) is 7.65. The molecule has 5 aliphatic rings. The van der Waals surface area contributed by atoms with Crippen LogP contribution < -0.4 is 0 Å². The number of fused-ring (bicyclic) bond motifs is 7. The van der Waals surface area contributed by atoms with Crippen LogP contribution in [0.4, 0.5) is 0 Å². The molecule has 0 radical (unpaired) electrons. The van der Waals surface area contributed by atoms with E-state index in [0.29, 0.717) is 17.8 Å². The molecule has 2 N–H and O–H groups in total. The Balaban J connectivity index is 1.44. The number of carbonyl (C=O) groups is 3. The number of ether oxygens (including phenoxy) is 1. The topological polar surface area (TPSA) is 101 Å². The molecule has 5 aliphatic carbocycles. The maximum Gasteiger partial charge on any atom is 0.309 e. The fourth-order valence-electron chi connectivity index (χ4n) is 11.2. The van der Waals surface area contributed by atoms with Gasteiger partial charge in [-0.1, -0.05) is 53.2 Å². The van der Waals surface area contributed by atoms with Gasteiger partial charge >= 0.3 is 17.9 Å². The predicted molar refractivity (Wildman–Crippen MR) is 153 cm³/mol. The van der Waals surface area contributed by atoms with Crippen LogP contribution in [0.5, 0.6) is 0 Å². The number of hydrogen-bond acceptors (Lipinski definition) is 4. The first-order valence-electron chi connectivity index (χ1n) is 15.8. The summed E-state index contributed by atoms with van der Waals surface area (Å²) in [5, 5.41) is 19.1. The fourth-order valence-corrected chi connectivity index (χ4v) is 11.2. The van der Waals surface area contributed by atoms with Crippen molar-refractivity contribution in [3.8, 4) is 0 Å². The van der Waals surface area contributed by atoms with Crippen LogP contribution >= 0.6 is 0 Å². The van der Waals surface area contributed by atoms with Crippen molar-refractivity contribution in [2.75, 3.05) is 0 Å². The second-order valence-corrected chi connectivity index (χ2v) is 16.3. The monoisotopic (exact) mass is 556 g/mol. The van der Waals surface area contributed by atoms with Gasteiger partial charge < -0.3 is 14.9 Å². The minimum atomic E-state index is -0.971. The SMILES string of the molecule is CC1(C)[C@@H](OC(=O)CCC(=O)O)CC[C@]2(C)[C@H]3CC=C4[C@@H]5C[C@@](C)(C(=O)O)CC[C@]5(C)CC[C@@]4(C)[C@]3(C)CC[C@@H]12. The highest BCUT2D eigenvalue weighted by Crippen LogP contribution is 2.75. The Morgan fingerprint density at radius 2 is 1.52 bits per heavy atom. The molecule has 0 spiro atoms. The van der Waals surface area contributed by atoms with E-state index in [0.717, 1.165) is 51.4 Å². The van der Waals surface area contributed by atoms with Gasteiger partial charge in [0.15, 0.2) is 0 Å². The highest BCUT2D eigenvalue weighted by molar-refractivity contribution is 5.76. The molecule has 0 aromatic heterocycles. The van der Waals surface area contributed by atoms with E-state index in [9.17, 15) is 19.5 Å². The van der Waals surface area contributed by atoms with Gasteiger partial charge in [0.2, 0.25) is 0 Å². The number of carboxylic acid groups (broad SMARTS) is 2. The smallest absolute Gasteiger partial charge is 0.309 e. The zero-order valence-electron chi connectivity index (χ0n) is 25.9. The van der Waals surface area contributed by atoms with E-state index in [1.165, 1.54) is 12.8 Å². The average molecular weight is 557 g/mol. The number of carboxylic acids is 2. The second kappa shape index (κ2) is 9.33. The van der Waals surface area contributed by atoms with Crippen LogP contribution in [0.25, 0.3) is 0 Å². The molecular weight excluding hydrogens is 504 g/mol. The molecule has 4 fully saturated rings. The van der Waals surface area contributed by atoms with Crippen molar-refractivity contribution in [2.45, 2.75) is 132 Å². The Bertz CT molecular complexity index is 1120. The Morgan fingerprint density at radius 3 is 2.17 bits per heavy atom. The van der Waals surface area contributed by atoms with Gasteiger partial charge in [-0.15, -0.1) is 0 Å². The van der Waals surface area contributed by atoms with E-state index >= 15 is 0 Å². The van der Waals surface area contributed by atoms with E-state index in [-0.39, 0.29) is 46.0 Å². The first kappa shape index (κ1) is 29.6. The van der Waals surface area contributed by atoms with Crippen molar-refractivity contribution in [1.29, 1.82) is 0 Å². The number of aliphatic carboxylic acids is 2. The van der Waals surface area contributed by atoms with E-state index in [2.05, 4.69) is 47.6 Å². The summed E-state index contributed by atoms with van der Waals surface area (Å²) >= 11 is 0. The third-order valence-corrected chi connectivity index (χ3v) is 14.1. The van der Waals surface area contributed by atoms with E-state index in [1.807, 2.05) is 6.92 Å². The molecule has 6 nitrogen and oxygen atoms in total. The van der Waals surface area contributed by atoms with Crippen LogP contribution in [0.1, 0.15) is 126 Å². The third-order valence-electron chi connectivity index (χ3n) is 14.1. The largest absolute Gasteiger partial charge is 0.481 e. The molecule has 40 heavy (non-hydrogen) atoms. The summed E-state index contributed by atoms with van der Waals surface area (Å²) < 4.78 is 5.96. The van der Waals surface area contributed by atoms with Gasteiger partial charge in [0.05, 0.1) is 18.3 Å². The maximum absolute atomic E-state index is 12.5. The Kier molecular flexibility index (Phi) is 6.91. The average Bonchev–Trinajstić information content (AvgIpc) is 2.86. The van der Waals surface area contributed by atoms with Crippen molar-refractivity contribution < 1.29 is 29.3 Å². The molecule has 0 unspecified atom stereocenters. The molecule has 5 rings (SSSR count). The molecule has 224 valence electrons. The molecule has 9 atom stereocenters. The highest BCUT2D eigenvalue weighted by Gasteiger charge is 2.68. The fraction of sp³-hybridized carbons (Fsp3) is 0.853. The summed E-state index contributed by atoms with van der Waals surface area (Å²) in [5.41, 5.74) is 1.25. The van der Waals surface area contributed by atoms with E-state index in [4.69, 9.17) is 9.84 Å². The van der Waals surface area contributed by atoms with Gasteiger partial charge in [0.1, 0.15) is 6.10 Å². The summed E-state index contributed by atoms with van der Waals surface area (Å²) in [6, 6.07) is 0. The summed E-state index contributed by atoms with van der Waals surface area (Å²) in [6.45, 7) is 16.5. The number of allylic oxidation sites excluding steroid dienone is 2. The van der Waals surface area contributed by atoms with Gasteiger partial charge in [0, 0.05) is 5.41 Å². The quantitative estimate of drug-likeness (QED) is 0.266.